The number of pyridine rings is 1. The van der Waals surface area contributed by atoms with Crippen molar-refractivity contribution in [1.29, 1.82) is 0 Å². The second kappa shape index (κ2) is 10.5. The lowest BCUT2D eigenvalue weighted by molar-refractivity contribution is -0.128. The van der Waals surface area contributed by atoms with Gasteiger partial charge in [-0.2, -0.15) is 0 Å². The van der Waals surface area contributed by atoms with Crippen molar-refractivity contribution >= 4 is 11.8 Å². The van der Waals surface area contributed by atoms with Crippen LogP contribution in [-0.4, -0.2) is 58.6 Å². The predicted molar refractivity (Wildman–Crippen MR) is 133 cm³/mol. The molecule has 0 spiro atoms. The smallest absolute Gasteiger partial charge is 0.253 e. The summed E-state index contributed by atoms with van der Waals surface area (Å²) in [5.41, 5.74) is 2.96. The molecule has 5 rings (SSSR count). The lowest BCUT2D eigenvalue weighted by atomic mass is 9.95. The van der Waals surface area contributed by atoms with E-state index < -0.39 is 0 Å². The Morgan fingerprint density at radius 2 is 1.92 bits per heavy atom. The van der Waals surface area contributed by atoms with E-state index in [1.165, 1.54) is 6.20 Å². The Labute approximate surface area is 210 Å². The lowest BCUT2D eigenvalue weighted by Crippen LogP contribution is -2.60. The maximum atomic E-state index is 13.0. The molecule has 9 nitrogen and oxygen atoms in total. The van der Waals surface area contributed by atoms with Crippen LogP contribution < -0.4 is 15.4 Å². The zero-order valence-electron chi connectivity index (χ0n) is 20.6. The van der Waals surface area contributed by atoms with Gasteiger partial charge in [-0.1, -0.05) is 35.5 Å². The van der Waals surface area contributed by atoms with E-state index in [-0.39, 0.29) is 36.5 Å². The Kier molecular flexibility index (Phi) is 6.99. The molecule has 1 aromatic carbocycles. The molecule has 2 amide bonds. The van der Waals surface area contributed by atoms with Crippen LogP contribution in [0.2, 0.25) is 0 Å². The highest BCUT2D eigenvalue weighted by molar-refractivity contribution is 5.95. The van der Waals surface area contributed by atoms with E-state index in [9.17, 15) is 9.59 Å². The summed E-state index contributed by atoms with van der Waals surface area (Å²) >= 11 is 0. The minimum absolute atomic E-state index is 0.00854. The van der Waals surface area contributed by atoms with Crippen LogP contribution in [0.15, 0.2) is 53.2 Å². The van der Waals surface area contributed by atoms with Gasteiger partial charge in [0.25, 0.3) is 5.91 Å². The monoisotopic (exact) mass is 489 g/mol. The van der Waals surface area contributed by atoms with Gasteiger partial charge in [0.15, 0.2) is 0 Å². The summed E-state index contributed by atoms with van der Waals surface area (Å²) in [6.45, 7) is 2.92. The molecule has 0 radical (unpaired) electrons. The van der Waals surface area contributed by atoms with Crippen molar-refractivity contribution in [2.75, 3.05) is 13.6 Å². The number of nitrogens with zero attached hydrogens (tertiary/aromatic N) is 3. The van der Waals surface area contributed by atoms with E-state index in [0.717, 1.165) is 49.0 Å². The van der Waals surface area contributed by atoms with E-state index >= 15 is 0 Å². The number of carbonyl (C=O) groups is 2. The van der Waals surface area contributed by atoms with Crippen LogP contribution in [0.1, 0.15) is 47.4 Å². The number of hydrogen-bond donors (Lipinski definition) is 2. The van der Waals surface area contributed by atoms with E-state index in [1.807, 2.05) is 49.2 Å². The fourth-order valence-corrected chi connectivity index (χ4v) is 4.59. The molecule has 2 N–H and O–H groups in total. The molecular weight excluding hydrogens is 458 g/mol. The first-order valence-electron chi connectivity index (χ1n) is 12.4. The molecule has 0 bridgehead atoms. The number of ether oxygens (including phenoxy) is 1. The Bertz CT molecular complexity index is 1210. The molecule has 1 saturated carbocycles. The molecule has 3 heterocycles. The number of likely N-dealkylation sites (N-methyl/N-ethyl adjacent to an activating group) is 1. The molecule has 36 heavy (non-hydrogen) atoms. The zero-order chi connectivity index (χ0) is 25.1. The normalized spacial score (nSPS) is 20.1. The number of carbonyl (C=O) groups excluding carboxylic acids is 2. The first-order chi connectivity index (χ1) is 17.5. The van der Waals surface area contributed by atoms with Gasteiger partial charge in [0.2, 0.25) is 11.8 Å². The Morgan fingerprint density at radius 3 is 2.64 bits per heavy atom. The van der Waals surface area contributed by atoms with Crippen molar-refractivity contribution in [1.82, 2.24) is 25.7 Å². The fourth-order valence-electron chi connectivity index (χ4n) is 4.59. The van der Waals surface area contributed by atoms with Crippen LogP contribution >= 0.6 is 0 Å². The number of amides is 2. The topological polar surface area (TPSA) is 110 Å². The van der Waals surface area contributed by atoms with Gasteiger partial charge in [-0.05, 0) is 52.3 Å². The quantitative estimate of drug-likeness (QED) is 0.500. The van der Waals surface area contributed by atoms with Crippen molar-refractivity contribution in [3.05, 3.63) is 65.5 Å². The van der Waals surface area contributed by atoms with Crippen LogP contribution in [0.25, 0.3) is 11.3 Å². The van der Waals surface area contributed by atoms with E-state index in [1.54, 1.807) is 12.1 Å². The van der Waals surface area contributed by atoms with Gasteiger partial charge in [-0.15, -0.1) is 0 Å². The number of aromatic nitrogens is 2. The molecule has 188 valence electrons. The molecule has 2 unspecified atom stereocenters. The van der Waals surface area contributed by atoms with Crippen molar-refractivity contribution in [3.8, 4) is 17.1 Å². The minimum atomic E-state index is -0.371. The lowest BCUT2D eigenvalue weighted by Gasteiger charge is -2.38. The highest BCUT2D eigenvalue weighted by Gasteiger charge is 2.38. The molecule has 2 fully saturated rings. The Balaban J connectivity index is 1.21. The number of rotatable bonds is 8. The minimum Gasteiger partial charge on any atom is -0.473 e. The number of likely N-dealkylation sites (tertiary alicyclic amines) is 1. The first kappa shape index (κ1) is 24.0. The van der Waals surface area contributed by atoms with Crippen molar-refractivity contribution in [2.24, 2.45) is 0 Å². The van der Waals surface area contributed by atoms with E-state index in [0.29, 0.717) is 17.2 Å². The van der Waals surface area contributed by atoms with Gasteiger partial charge in [-0.25, -0.2) is 4.98 Å². The summed E-state index contributed by atoms with van der Waals surface area (Å²) in [5.74, 6) is 0.818. The third-order valence-corrected chi connectivity index (χ3v) is 6.79. The number of aryl methyl sites for hydroxylation is 1. The zero-order valence-corrected chi connectivity index (χ0v) is 20.6. The molecule has 2 aromatic heterocycles. The number of benzene rings is 1. The maximum Gasteiger partial charge on any atom is 0.253 e. The van der Waals surface area contributed by atoms with Gasteiger partial charge in [-0.3, -0.25) is 14.5 Å². The standard InChI is InChI=1S/C27H31N5O4/c1-17-21(24(31-36-17)18-7-4-3-5-8-18)16-35-23-13-10-19(15-28-23)26(33)30-22-9-6-14-32(2)25(22)27(34)29-20-11-12-20/h3-5,7-8,10,13,15,20,22,25H,6,9,11-12,14,16H2,1-2H3,(H,29,34)(H,30,33). The van der Waals surface area contributed by atoms with Crippen LogP contribution in [0.5, 0.6) is 5.88 Å². The summed E-state index contributed by atoms with van der Waals surface area (Å²) in [4.78, 5) is 32.1. The number of nitrogens with one attached hydrogen (secondary N) is 2. The second-order valence-corrected chi connectivity index (χ2v) is 9.54. The largest absolute Gasteiger partial charge is 0.473 e. The van der Waals surface area contributed by atoms with Gasteiger partial charge >= 0.3 is 0 Å². The van der Waals surface area contributed by atoms with Gasteiger partial charge < -0.3 is 19.9 Å². The van der Waals surface area contributed by atoms with Crippen molar-refractivity contribution < 1.29 is 18.8 Å². The first-order valence-corrected chi connectivity index (χ1v) is 12.4. The Morgan fingerprint density at radius 1 is 1.11 bits per heavy atom. The summed E-state index contributed by atoms with van der Waals surface area (Å²) in [6, 6.07) is 12.8. The second-order valence-electron chi connectivity index (χ2n) is 9.54. The van der Waals surface area contributed by atoms with Gasteiger partial charge in [0.05, 0.1) is 17.2 Å². The highest BCUT2D eigenvalue weighted by atomic mass is 16.5. The van der Waals surface area contributed by atoms with Gasteiger partial charge in [0.1, 0.15) is 24.1 Å². The van der Waals surface area contributed by atoms with Crippen LogP contribution in [0.4, 0.5) is 0 Å². The number of piperidine rings is 1. The molecule has 1 aliphatic carbocycles. The summed E-state index contributed by atoms with van der Waals surface area (Å²) in [7, 11) is 1.93. The highest BCUT2D eigenvalue weighted by Crippen LogP contribution is 2.26. The average Bonchev–Trinajstić information content (AvgIpc) is 3.62. The Hall–Kier alpha value is -3.72. The van der Waals surface area contributed by atoms with Crippen molar-refractivity contribution in [3.63, 3.8) is 0 Å². The molecule has 1 saturated heterocycles. The predicted octanol–water partition coefficient (Wildman–Crippen LogP) is 3.10. The molecule has 1 aliphatic heterocycles. The maximum absolute atomic E-state index is 13.0. The molecule has 9 heteroatoms. The molecular formula is C27H31N5O4. The summed E-state index contributed by atoms with van der Waals surface area (Å²) in [5, 5.41) is 10.3. The number of hydrogen-bond acceptors (Lipinski definition) is 7. The third-order valence-electron chi connectivity index (χ3n) is 6.79. The third kappa shape index (κ3) is 5.41. The van der Waals surface area contributed by atoms with E-state index in [2.05, 4.69) is 20.8 Å². The molecule has 2 atom stereocenters. The molecule has 2 aliphatic rings. The van der Waals surface area contributed by atoms with Crippen LogP contribution in [-0.2, 0) is 11.4 Å². The summed E-state index contributed by atoms with van der Waals surface area (Å²) < 4.78 is 11.3. The van der Waals surface area contributed by atoms with Crippen LogP contribution in [0, 0.1) is 6.92 Å². The van der Waals surface area contributed by atoms with Crippen molar-refractivity contribution in [2.45, 2.75) is 57.3 Å². The average molecular weight is 490 g/mol. The van der Waals surface area contributed by atoms with Gasteiger partial charge in [0, 0.05) is 23.9 Å². The SMILES string of the molecule is Cc1onc(-c2ccccc2)c1COc1ccc(C(=O)NC2CCCN(C)C2C(=O)NC2CC2)cn1. The molecule has 3 aromatic rings. The summed E-state index contributed by atoms with van der Waals surface area (Å²) in [6.07, 6.45) is 5.24. The fraction of sp³-hybridized carbons (Fsp3) is 0.407. The van der Waals surface area contributed by atoms with E-state index in [4.69, 9.17) is 9.26 Å². The van der Waals surface area contributed by atoms with Crippen LogP contribution in [0.3, 0.4) is 0 Å².